The molecule has 0 fully saturated rings. The lowest BCUT2D eigenvalue weighted by Gasteiger charge is -2.10. The van der Waals surface area contributed by atoms with Crippen LogP contribution in [0, 0.1) is 5.82 Å². The summed E-state index contributed by atoms with van der Waals surface area (Å²) in [6.07, 6.45) is 0. The first-order valence-electron chi connectivity index (χ1n) is 7.69. The highest BCUT2D eigenvalue weighted by Crippen LogP contribution is 2.26. The third kappa shape index (κ3) is 3.80. The summed E-state index contributed by atoms with van der Waals surface area (Å²) in [5.74, 6) is 0.109. The summed E-state index contributed by atoms with van der Waals surface area (Å²) in [5, 5.41) is 7.82. The van der Waals surface area contributed by atoms with E-state index in [1.165, 1.54) is 36.1 Å². The number of hydrogen-bond acceptors (Lipinski definition) is 6. The number of hydrogen-bond donors (Lipinski definition) is 0. The first-order chi connectivity index (χ1) is 12.6. The number of nitrogens with zero attached hydrogens (tertiary/aromatic N) is 3. The van der Waals surface area contributed by atoms with Crippen LogP contribution in [-0.2, 0) is 11.3 Å². The van der Waals surface area contributed by atoms with Gasteiger partial charge in [-0.1, -0.05) is 17.3 Å². The number of rotatable bonds is 6. The molecule has 1 heterocycles. The predicted octanol–water partition coefficient (Wildman–Crippen LogP) is 3.05. The van der Waals surface area contributed by atoms with Crippen molar-refractivity contribution < 1.29 is 23.4 Å². The zero-order valence-electron chi connectivity index (χ0n) is 14.2. The van der Waals surface area contributed by atoms with Gasteiger partial charge in [0.05, 0.1) is 20.8 Å². The van der Waals surface area contributed by atoms with Crippen molar-refractivity contribution in [1.29, 1.82) is 0 Å². The molecule has 134 valence electrons. The van der Waals surface area contributed by atoms with Gasteiger partial charge in [0.2, 0.25) is 5.69 Å². The third-order valence-electron chi connectivity index (χ3n) is 3.59. The highest BCUT2D eigenvalue weighted by Gasteiger charge is 2.23. The normalized spacial score (nSPS) is 10.4. The van der Waals surface area contributed by atoms with E-state index in [9.17, 15) is 9.18 Å². The van der Waals surface area contributed by atoms with Crippen LogP contribution in [0.5, 0.6) is 17.4 Å². The quantitative estimate of drug-likeness (QED) is 0.631. The predicted molar refractivity (Wildman–Crippen MR) is 89.9 cm³/mol. The van der Waals surface area contributed by atoms with Crippen molar-refractivity contribution in [3.63, 3.8) is 0 Å². The molecule has 1 aromatic heterocycles. The molecule has 0 radical (unpaired) electrons. The molecular weight excluding hydrogens is 341 g/mol. The standard InChI is InChI=1S/C18H16FN3O4/c1-24-14-7-3-12(4-8-14)11-22-17(16(20-21-22)18(23)25-2)26-15-9-5-13(19)6-10-15/h3-10H,11H2,1-2H3. The van der Waals surface area contributed by atoms with Gasteiger partial charge in [0.1, 0.15) is 17.3 Å². The smallest absolute Gasteiger partial charge is 0.364 e. The maximum atomic E-state index is 13.1. The summed E-state index contributed by atoms with van der Waals surface area (Å²) >= 11 is 0. The molecule has 26 heavy (non-hydrogen) atoms. The Morgan fingerprint density at radius 1 is 1.04 bits per heavy atom. The number of aromatic nitrogens is 3. The van der Waals surface area contributed by atoms with Gasteiger partial charge in [-0.15, -0.1) is 5.10 Å². The molecule has 0 atom stereocenters. The molecule has 3 aromatic rings. The van der Waals surface area contributed by atoms with Gasteiger partial charge < -0.3 is 14.2 Å². The fourth-order valence-corrected chi connectivity index (χ4v) is 2.25. The van der Waals surface area contributed by atoms with Crippen LogP contribution in [0.1, 0.15) is 16.1 Å². The lowest BCUT2D eigenvalue weighted by Crippen LogP contribution is -2.07. The lowest BCUT2D eigenvalue weighted by molar-refractivity contribution is 0.0590. The van der Waals surface area contributed by atoms with Gasteiger partial charge in [-0.25, -0.2) is 13.9 Å². The lowest BCUT2D eigenvalue weighted by atomic mass is 10.2. The molecule has 0 spiro atoms. The van der Waals surface area contributed by atoms with Crippen LogP contribution >= 0.6 is 0 Å². The maximum Gasteiger partial charge on any atom is 0.364 e. The van der Waals surface area contributed by atoms with Gasteiger partial charge in [-0.2, -0.15) is 0 Å². The minimum Gasteiger partial charge on any atom is -0.497 e. The van der Waals surface area contributed by atoms with Crippen LogP contribution < -0.4 is 9.47 Å². The zero-order chi connectivity index (χ0) is 18.5. The monoisotopic (exact) mass is 357 g/mol. The molecule has 0 aliphatic rings. The summed E-state index contributed by atoms with van der Waals surface area (Å²) in [6.45, 7) is 0.310. The summed E-state index contributed by atoms with van der Waals surface area (Å²) in [6, 6.07) is 12.7. The topological polar surface area (TPSA) is 75.5 Å². The van der Waals surface area contributed by atoms with Crippen molar-refractivity contribution in [2.24, 2.45) is 0 Å². The van der Waals surface area contributed by atoms with E-state index in [-0.39, 0.29) is 11.6 Å². The molecule has 0 saturated heterocycles. The summed E-state index contributed by atoms with van der Waals surface area (Å²) in [5.41, 5.74) is 0.835. The van der Waals surface area contributed by atoms with E-state index in [4.69, 9.17) is 14.2 Å². The van der Waals surface area contributed by atoms with E-state index in [2.05, 4.69) is 10.3 Å². The van der Waals surface area contributed by atoms with Crippen LogP contribution in [0.25, 0.3) is 0 Å². The zero-order valence-corrected chi connectivity index (χ0v) is 14.2. The molecule has 0 saturated carbocycles. The molecule has 2 aromatic carbocycles. The van der Waals surface area contributed by atoms with Gasteiger partial charge in [0, 0.05) is 0 Å². The summed E-state index contributed by atoms with van der Waals surface area (Å²) < 4.78 is 30.1. The van der Waals surface area contributed by atoms with Crippen LogP contribution in [0.4, 0.5) is 4.39 Å². The largest absolute Gasteiger partial charge is 0.497 e. The molecule has 0 bridgehead atoms. The number of ether oxygens (including phenoxy) is 3. The molecule has 0 unspecified atom stereocenters. The Bertz CT molecular complexity index is 892. The Kier molecular flexibility index (Phi) is 5.12. The SMILES string of the molecule is COC(=O)c1nnn(Cc2ccc(OC)cc2)c1Oc1ccc(F)cc1. The van der Waals surface area contributed by atoms with Crippen molar-refractivity contribution >= 4 is 5.97 Å². The fraction of sp³-hybridized carbons (Fsp3) is 0.167. The fourth-order valence-electron chi connectivity index (χ4n) is 2.25. The van der Waals surface area contributed by atoms with Gasteiger partial charge in [0.15, 0.2) is 0 Å². The van der Waals surface area contributed by atoms with Gasteiger partial charge in [-0.3, -0.25) is 0 Å². The molecule has 7 nitrogen and oxygen atoms in total. The van der Waals surface area contributed by atoms with E-state index in [1.54, 1.807) is 7.11 Å². The third-order valence-corrected chi connectivity index (χ3v) is 3.59. The van der Waals surface area contributed by atoms with Gasteiger partial charge in [0.25, 0.3) is 5.88 Å². The van der Waals surface area contributed by atoms with Crippen molar-refractivity contribution in [3.8, 4) is 17.4 Å². The Morgan fingerprint density at radius 2 is 1.69 bits per heavy atom. The highest BCUT2D eigenvalue weighted by atomic mass is 19.1. The first-order valence-corrected chi connectivity index (χ1v) is 7.69. The summed E-state index contributed by atoms with van der Waals surface area (Å²) in [4.78, 5) is 11.9. The van der Waals surface area contributed by atoms with Crippen molar-refractivity contribution in [2.75, 3.05) is 14.2 Å². The van der Waals surface area contributed by atoms with Crippen LogP contribution in [0.2, 0.25) is 0 Å². The van der Waals surface area contributed by atoms with Gasteiger partial charge in [-0.05, 0) is 42.0 Å². The minimum absolute atomic E-state index is 0.0645. The average Bonchev–Trinajstić information content (AvgIpc) is 3.06. The van der Waals surface area contributed by atoms with E-state index in [0.29, 0.717) is 12.3 Å². The van der Waals surface area contributed by atoms with Crippen LogP contribution in [-0.4, -0.2) is 35.2 Å². The first kappa shape index (κ1) is 17.4. The Balaban J connectivity index is 1.92. The molecule has 0 aliphatic carbocycles. The average molecular weight is 357 g/mol. The number of methoxy groups -OCH3 is 2. The number of carbonyl (C=O) groups is 1. The number of benzene rings is 2. The Hall–Kier alpha value is -3.42. The highest BCUT2D eigenvalue weighted by molar-refractivity contribution is 5.89. The van der Waals surface area contributed by atoms with Crippen LogP contribution in [0.3, 0.4) is 0 Å². The molecule has 8 heteroatoms. The second-order valence-electron chi connectivity index (χ2n) is 5.30. The molecule has 0 aliphatic heterocycles. The van der Waals surface area contributed by atoms with Crippen molar-refractivity contribution in [2.45, 2.75) is 6.54 Å². The number of esters is 1. The molecule has 0 amide bonds. The molecular formula is C18H16FN3O4. The van der Waals surface area contributed by atoms with E-state index >= 15 is 0 Å². The molecule has 0 N–H and O–H groups in total. The Morgan fingerprint density at radius 3 is 2.31 bits per heavy atom. The van der Waals surface area contributed by atoms with Crippen LogP contribution in [0.15, 0.2) is 48.5 Å². The van der Waals surface area contributed by atoms with E-state index in [0.717, 1.165) is 11.3 Å². The van der Waals surface area contributed by atoms with Crippen molar-refractivity contribution in [1.82, 2.24) is 15.0 Å². The number of carbonyl (C=O) groups excluding carboxylic acids is 1. The van der Waals surface area contributed by atoms with E-state index < -0.39 is 11.8 Å². The number of halogens is 1. The van der Waals surface area contributed by atoms with Gasteiger partial charge >= 0.3 is 5.97 Å². The summed E-state index contributed by atoms with van der Waals surface area (Å²) in [7, 11) is 2.83. The minimum atomic E-state index is -0.678. The maximum absolute atomic E-state index is 13.1. The van der Waals surface area contributed by atoms with E-state index in [1.807, 2.05) is 24.3 Å². The second-order valence-corrected chi connectivity index (χ2v) is 5.30. The second kappa shape index (κ2) is 7.64. The van der Waals surface area contributed by atoms with Crippen molar-refractivity contribution in [3.05, 3.63) is 65.6 Å². The molecule has 3 rings (SSSR count). The Labute approximate surface area is 148 Å².